The van der Waals surface area contributed by atoms with Crippen LogP contribution >= 0.6 is 0 Å². The van der Waals surface area contributed by atoms with E-state index in [1.165, 1.54) is 44.1 Å². The van der Waals surface area contributed by atoms with Crippen molar-refractivity contribution in [1.29, 1.82) is 0 Å². The van der Waals surface area contributed by atoms with Crippen LogP contribution in [0.15, 0.2) is 18.6 Å². The van der Waals surface area contributed by atoms with Gasteiger partial charge >= 0.3 is 0 Å². The Bertz CT molecular complexity index is 927. The maximum absolute atomic E-state index is 13.1. The van der Waals surface area contributed by atoms with E-state index < -0.39 is 0 Å². The normalized spacial score (nSPS) is 21.9. The molecule has 0 N–H and O–H groups in total. The SMILES string of the molecule is Cc1nc(C2CCCN2C(=O)c2cnccn2)nc2c1CCCN2CC1CCCCC1. The molecule has 31 heavy (non-hydrogen) atoms. The van der Waals surface area contributed by atoms with Gasteiger partial charge in [-0.05, 0) is 51.4 Å². The molecule has 1 saturated carbocycles. The summed E-state index contributed by atoms with van der Waals surface area (Å²) in [4.78, 5) is 35.8. The van der Waals surface area contributed by atoms with E-state index in [0.717, 1.165) is 55.6 Å². The van der Waals surface area contributed by atoms with Crippen molar-refractivity contribution >= 4 is 11.7 Å². The van der Waals surface area contributed by atoms with E-state index in [2.05, 4.69) is 21.8 Å². The summed E-state index contributed by atoms with van der Waals surface area (Å²) in [7, 11) is 0. The van der Waals surface area contributed by atoms with E-state index >= 15 is 0 Å². The Labute approximate surface area is 184 Å². The van der Waals surface area contributed by atoms with Gasteiger partial charge in [-0.2, -0.15) is 0 Å². The number of hydrogen-bond acceptors (Lipinski definition) is 6. The van der Waals surface area contributed by atoms with Crippen LogP contribution in [0.2, 0.25) is 0 Å². The van der Waals surface area contributed by atoms with Gasteiger partial charge in [0.1, 0.15) is 11.5 Å². The van der Waals surface area contributed by atoms with Gasteiger partial charge in [0, 0.05) is 43.3 Å². The van der Waals surface area contributed by atoms with E-state index in [1.54, 1.807) is 18.6 Å². The van der Waals surface area contributed by atoms with Crippen molar-refractivity contribution in [2.24, 2.45) is 5.92 Å². The quantitative estimate of drug-likeness (QED) is 0.747. The highest BCUT2D eigenvalue weighted by Gasteiger charge is 2.35. The molecule has 7 nitrogen and oxygen atoms in total. The molecule has 2 aliphatic heterocycles. The molecular weight excluding hydrogens is 388 g/mol. The number of fused-ring (bicyclic) bond motifs is 1. The lowest BCUT2D eigenvalue weighted by molar-refractivity contribution is 0.0723. The van der Waals surface area contributed by atoms with Crippen molar-refractivity contribution in [3.05, 3.63) is 41.4 Å². The first-order valence-corrected chi connectivity index (χ1v) is 11.9. The molecule has 2 aromatic rings. The number of aromatic nitrogens is 4. The largest absolute Gasteiger partial charge is 0.356 e. The summed E-state index contributed by atoms with van der Waals surface area (Å²) >= 11 is 0. The van der Waals surface area contributed by atoms with Gasteiger partial charge in [-0.3, -0.25) is 9.78 Å². The summed E-state index contributed by atoms with van der Waals surface area (Å²) in [5, 5.41) is 0. The number of anilines is 1. The highest BCUT2D eigenvalue weighted by atomic mass is 16.2. The van der Waals surface area contributed by atoms with Crippen LogP contribution in [0.25, 0.3) is 0 Å². The predicted octanol–water partition coefficient (Wildman–Crippen LogP) is 3.89. The lowest BCUT2D eigenvalue weighted by Crippen LogP contribution is -2.37. The molecule has 1 aliphatic carbocycles. The smallest absolute Gasteiger partial charge is 0.274 e. The third kappa shape index (κ3) is 4.14. The fourth-order valence-corrected chi connectivity index (χ4v) is 5.55. The fourth-order valence-electron chi connectivity index (χ4n) is 5.55. The number of rotatable bonds is 4. The van der Waals surface area contributed by atoms with Crippen molar-refractivity contribution in [3.8, 4) is 0 Å². The van der Waals surface area contributed by atoms with Gasteiger partial charge in [0.15, 0.2) is 5.82 Å². The zero-order valence-corrected chi connectivity index (χ0v) is 18.5. The third-order valence-corrected chi connectivity index (χ3v) is 7.16. The number of hydrogen-bond donors (Lipinski definition) is 0. The summed E-state index contributed by atoms with van der Waals surface area (Å²) < 4.78 is 0. The van der Waals surface area contributed by atoms with Gasteiger partial charge in [0.05, 0.1) is 12.2 Å². The van der Waals surface area contributed by atoms with Crippen molar-refractivity contribution in [2.75, 3.05) is 24.5 Å². The molecule has 1 saturated heterocycles. The number of aryl methyl sites for hydroxylation is 1. The monoisotopic (exact) mass is 420 g/mol. The topological polar surface area (TPSA) is 75.1 Å². The second-order valence-corrected chi connectivity index (χ2v) is 9.27. The van der Waals surface area contributed by atoms with Crippen LogP contribution in [0.4, 0.5) is 5.82 Å². The number of carbonyl (C=O) groups excluding carboxylic acids is 1. The van der Waals surface area contributed by atoms with Crippen molar-refractivity contribution in [3.63, 3.8) is 0 Å². The molecule has 0 spiro atoms. The van der Waals surface area contributed by atoms with Crippen molar-refractivity contribution < 1.29 is 4.79 Å². The third-order valence-electron chi connectivity index (χ3n) is 7.16. The minimum atomic E-state index is -0.0861. The van der Waals surface area contributed by atoms with Gasteiger partial charge in [0.2, 0.25) is 0 Å². The molecule has 7 heteroatoms. The molecule has 0 radical (unpaired) electrons. The number of nitrogens with zero attached hydrogens (tertiary/aromatic N) is 6. The summed E-state index contributed by atoms with van der Waals surface area (Å²) in [6.45, 7) is 5.01. The Balaban J connectivity index is 1.42. The number of carbonyl (C=O) groups is 1. The molecule has 2 aromatic heterocycles. The molecule has 5 rings (SSSR count). The summed E-state index contributed by atoms with van der Waals surface area (Å²) in [5.41, 5.74) is 2.77. The Hall–Kier alpha value is -2.57. The Morgan fingerprint density at radius 2 is 1.90 bits per heavy atom. The number of likely N-dealkylation sites (tertiary alicyclic amines) is 1. The van der Waals surface area contributed by atoms with Crippen LogP contribution < -0.4 is 4.90 Å². The summed E-state index contributed by atoms with van der Waals surface area (Å²) in [6, 6.07) is -0.0861. The van der Waals surface area contributed by atoms with E-state index in [4.69, 9.17) is 9.97 Å². The van der Waals surface area contributed by atoms with Crippen LogP contribution in [-0.4, -0.2) is 50.4 Å². The van der Waals surface area contributed by atoms with E-state index in [9.17, 15) is 4.79 Å². The van der Waals surface area contributed by atoms with Gasteiger partial charge in [-0.15, -0.1) is 0 Å². The fraction of sp³-hybridized carbons (Fsp3) is 0.625. The van der Waals surface area contributed by atoms with E-state index in [1.807, 2.05) is 4.90 Å². The van der Waals surface area contributed by atoms with Crippen LogP contribution in [-0.2, 0) is 6.42 Å². The van der Waals surface area contributed by atoms with Crippen LogP contribution in [0, 0.1) is 12.8 Å². The Morgan fingerprint density at radius 3 is 2.71 bits per heavy atom. The van der Waals surface area contributed by atoms with Gasteiger partial charge in [-0.25, -0.2) is 15.0 Å². The van der Waals surface area contributed by atoms with Crippen LogP contribution in [0.5, 0.6) is 0 Å². The molecule has 1 atom stereocenters. The van der Waals surface area contributed by atoms with Crippen LogP contribution in [0.1, 0.15) is 85.0 Å². The molecule has 1 amide bonds. The highest BCUT2D eigenvalue weighted by molar-refractivity contribution is 5.92. The predicted molar refractivity (Wildman–Crippen MR) is 119 cm³/mol. The standard InChI is InChI=1S/C24H32N6O/c1-17-19-9-5-13-29(16-18-7-3-2-4-8-18)23(19)28-22(27-17)21-10-6-14-30(21)24(31)20-15-25-11-12-26-20/h11-12,15,18,21H,2-10,13-14,16H2,1H3. The molecule has 2 fully saturated rings. The second kappa shape index (κ2) is 8.89. The zero-order valence-electron chi connectivity index (χ0n) is 18.5. The minimum Gasteiger partial charge on any atom is -0.356 e. The Morgan fingerprint density at radius 1 is 1.03 bits per heavy atom. The molecule has 4 heterocycles. The van der Waals surface area contributed by atoms with Crippen molar-refractivity contribution in [2.45, 2.75) is 70.8 Å². The second-order valence-electron chi connectivity index (χ2n) is 9.27. The summed E-state index contributed by atoms with van der Waals surface area (Å²) in [6.07, 6.45) is 15.6. The van der Waals surface area contributed by atoms with Crippen molar-refractivity contribution in [1.82, 2.24) is 24.8 Å². The molecular formula is C24H32N6O. The molecule has 164 valence electrons. The maximum Gasteiger partial charge on any atom is 0.274 e. The highest BCUT2D eigenvalue weighted by Crippen LogP contribution is 2.36. The minimum absolute atomic E-state index is 0.0753. The average Bonchev–Trinajstić information content (AvgIpc) is 3.30. The average molecular weight is 421 g/mol. The van der Waals surface area contributed by atoms with Crippen LogP contribution in [0.3, 0.4) is 0 Å². The first kappa shape index (κ1) is 20.3. The lowest BCUT2D eigenvalue weighted by Gasteiger charge is -2.35. The number of amides is 1. The summed E-state index contributed by atoms with van der Waals surface area (Å²) in [5.74, 6) is 2.62. The maximum atomic E-state index is 13.1. The molecule has 0 bridgehead atoms. The van der Waals surface area contributed by atoms with Gasteiger partial charge in [0.25, 0.3) is 5.91 Å². The van der Waals surface area contributed by atoms with Gasteiger partial charge < -0.3 is 9.80 Å². The van der Waals surface area contributed by atoms with E-state index in [-0.39, 0.29) is 11.9 Å². The first-order valence-electron chi connectivity index (χ1n) is 11.9. The van der Waals surface area contributed by atoms with E-state index in [0.29, 0.717) is 12.2 Å². The lowest BCUT2D eigenvalue weighted by atomic mass is 9.88. The Kier molecular flexibility index (Phi) is 5.83. The molecule has 0 aromatic carbocycles. The molecule has 1 unspecified atom stereocenters. The van der Waals surface area contributed by atoms with Gasteiger partial charge in [-0.1, -0.05) is 19.3 Å². The zero-order chi connectivity index (χ0) is 21.2. The first-order chi connectivity index (χ1) is 15.2. The molecule has 3 aliphatic rings.